The topological polar surface area (TPSA) is 28.2 Å². The summed E-state index contributed by atoms with van der Waals surface area (Å²) in [7, 11) is 0. The van der Waals surface area contributed by atoms with Crippen molar-refractivity contribution in [3.63, 3.8) is 0 Å². The minimum absolute atomic E-state index is 0.750. The lowest BCUT2D eigenvalue weighted by atomic mass is 10.2. The fraction of sp³-hybridized carbons (Fsp3) is 0.643. The molecule has 0 aliphatic carbocycles. The molecule has 1 aliphatic rings. The van der Waals surface area contributed by atoms with Crippen molar-refractivity contribution in [3.05, 3.63) is 24.0 Å². The fourth-order valence-corrected chi connectivity index (χ4v) is 3.29. The molecule has 2 rings (SSSR count). The Morgan fingerprint density at radius 2 is 2.44 bits per heavy atom. The molecule has 2 heterocycles. The standard InChI is InChI=1S/C14H23N3S/c1-3-5-15-13-4-6-16-14(9-13)11-17-7-8-18-12(2)10-17/h4,6,9,12H,3,5,7-8,10-11H2,1-2H3,(H,15,16). The molecule has 3 nitrogen and oxygen atoms in total. The van der Waals surface area contributed by atoms with Crippen molar-refractivity contribution in [2.75, 3.05) is 30.7 Å². The van der Waals surface area contributed by atoms with E-state index in [2.05, 4.69) is 46.9 Å². The van der Waals surface area contributed by atoms with Gasteiger partial charge in [-0.2, -0.15) is 11.8 Å². The number of pyridine rings is 1. The number of hydrogen-bond donors (Lipinski definition) is 1. The predicted octanol–water partition coefficient (Wildman–Crippen LogP) is 2.84. The Morgan fingerprint density at radius 3 is 3.22 bits per heavy atom. The Hall–Kier alpha value is -0.740. The van der Waals surface area contributed by atoms with E-state index >= 15 is 0 Å². The van der Waals surface area contributed by atoms with E-state index in [9.17, 15) is 0 Å². The van der Waals surface area contributed by atoms with E-state index in [4.69, 9.17) is 0 Å². The number of anilines is 1. The smallest absolute Gasteiger partial charge is 0.0564 e. The summed E-state index contributed by atoms with van der Waals surface area (Å²) in [5.74, 6) is 1.24. The maximum atomic E-state index is 4.48. The monoisotopic (exact) mass is 265 g/mol. The lowest BCUT2D eigenvalue weighted by Crippen LogP contribution is -2.36. The second kappa shape index (κ2) is 7.00. The highest BCUT2D eigenvalue weighted by atomic mass is 32.2. The zero-order valence-electron chi connectivity index (χ0n) is 11.4. The third-order valence-corrected chi connectivity index (χ3v) is 4.24. The van der Waals surface area contributed by atoms with Crippen molar-refractivity contribution < 1.29 is 0 Å². The largest absolute Gasteiger partial charge is 0.385 e. The Kier molecular flexibility index (Phi) is 5.32. The molecule has 4 heteroatoms. The number of nitrogens with one attached hydrogen (secondary N) is 1. The molecule has 1 unspecified atom stereocenters. The first-order valence-corrected chi connectivity index (χ1v) is 7.85. The molecule has 0 amide bonds. The molecule has 1 aliphatic heterocycles. The van der Waals surface area contributed by atoms with Crippen LogP contribution < -0.4 is 5.32 Å². The van der Waals surface area contributed by atoms with Gasteiger partial charge in [-0.3, -0.25) is 9.88 Å². The third-order valence-electron chi connectivity index (χ3n) is 3.11. The van der Waals surface area contributed by atoms with E-state index in [-0.39, 0.29) is 0 Å². The van der Waals surface area contributed by atoms with Crippen LogP contribution in [0.15, 0.2) is 18.3 Å². The highest BCUT2D eigenvalue weighted by Gasteiger charge is 2.16. The van der Waals surface area contributed by atoms with Gasteiger partial charge in [-0.1, -0.05) is 13.8 Å². The molecule has 1 saturated heterocycles. The van der Waals surface area contributed by atoms with Crippen LogP contribution in [-0.4, -0.2) is 40.5 Å². The Labute approximate surface area is 114 Å². The molecule has 1 aromatic heterocycles. The van der Waals surface area contributed by atoms with Crippen molar-refractivity contribution in [2.45, 2.75) is 32.1 Å². The quantitative estimate of drug-likeness (QED) is 0.886. The first-order chi connectivity index (χ1) is 8.78. The average Bonchev–Trinajstić information content (AvgIpc) is 2.37. The molecule has 0 bridgehead atoms. The summed E-state index contributed by atoms with van der Waals surface area (Å²) in [4.78, 5) is 6.99. The Balaban J connectivity index is 1.91. The summed E-state index contributed by atoms with van der Waals surface area (Å²) in [6.07, 6.45) is 3.06. The van der Waals surface area contributed by atoms with Gasteiger partial charge in [-0.15, -0.1) is 0 Å². The molecule has 18 heavy (non-hydrogen) atoms. The number of thioether (sulfide) groups is 1. The first kappa shape index (κ1) is 13.7. The summed E-state index contributed by atoms with van der Waals surface area (Å²) in [6, 6.07) is 4.23. The molecule has 1 aromatic rings. The first-order valence-electron chi connectivity index (χ1n) is 6.80. The molecule has 1 fully saturated rings. The normalized spacial score (nSPS) is 20.9. The van der Waals surface area contributed by atoms with Gasteiger partial charge in [0.2, 0.25) is 0 Å². The average molecular weight is 265 g/mol. The van der Waals surface area contributed by atoms with Crippen LogP contribution in [0.5, 0.6) is 0 Å². The zero-order valence-corrected chi connectivity index (χ0v) is 12.2. The molecule has 1 N–H and O–H groups in total. The van der Waals surface area contributed by atoms with Crippen LogP contribution in [0.4, 0.5) is 5.69 Å². The van der Waals surface area contributed by atoms with Gasteiger partial charge in [0.1, 0.15) is 0 Å². The summed E-state index contributed by atoms with van der Waals surface area (Å²) in [5, 5.41) is 4.17. The van der Waals surface area contributed by atoms with Crippen LogP contribution >= 0.6 is 11.8 Å². The van der Waals surface area contributed by atoms with Crippen LogP contribution in [-0.2, 0) is 6.54 Å². The number of nitrogens with zero attached hydrogens (tertiary/aromatic N) is 2. The SMILES string of the molecule is CCCNc1ccnc(CN2CCSC(C)C2)c1. The molecule has 0 spiro atoms. The van der Waals surface area contributed by atoms with E-state index in [1.54, 1.807) is 0 Å². The molecular formula is C14H23N3S. The number of hydrogen-bond acceptors (Lipinski definition) is 4. The summed E-state index contributed by atoms with van der Waals surface area (Å²) >= 11 is 2.07. The molecular weight excluding hydrogens is 242 g/mol. The van der Waals surface area contributed by atoms with Crippen LogP contribution in [0, 0.1) is 0 Å². The van der Waals surface area contributed by atoms with E-state index in [1.807, 2.05) is 12.3 Å². The van der Waals surface area contributed by atoms with Gasteiger partial charge >= 0.3 is 0 Å². The lowest BCUT2D eigenvalue weighted by molar-refractivity contribution is 0.275. The van der Waals surface area contributed by atoms with Gasteiger partial charge in [0.05, 0.1) is 5.69 Å². The minimum atomic E-state index is 0.750. The minimum Gasteiger partial charge on any atom is -0.385 e. The molecule has 0 radical (unpaired) electrons. The summed E-state index contributed by atoms with van der Waals surface area (Å²) < 4.78 is 0. The maximum absolute atomic E-state index is 4.48. The van der Waals surface area contributed by atoms with Crippen molar-refractivity contribution in [2.24, 2.45) is 0 Å². The zero-order chi connectivity index (χ0) is 12.8. The van der Waals surface area contributed by atoms with Gasteiger partial charge in [0, 0.05) is 49.1 Å². The second-order valence-electron chi connectivity index (χ2n) is 4.88. The number of aromatic nitrogens is 1. The van der Waals surface area contributed by atoms with Crippen LogP contribution in [0.25, 0.3) is 0 Å². The third kappa shape index (κ3) is 4.18. The summed E-state index contributed by atoms with van der Waals surface area (Å²) in [6.45, 7) is 8.86. The molecule has 0 saturated carbocycles. The van der Waals surface area contributed by atoms with Crippen molar-refractivity contribution in [1.82, 2.24) is 9.88 Å². The van der Waals surface area contributed by atoms with Crippen LogP contribution in [0.3, 0.4) is 0 Å². The van der Waals surface area contributed by atoms with Gasteiger partial charge in [-0.05, 0) is 18.6 Å². The number of rotatable bonds is 5. The van der Waals surface area contributed by atoms with Gasteiger partial charge in [-0.25, -0.2) is 0 Å². The van der Waals surface area contributed by atoms with E-state index in [1.165, 1.54) is 30.2 Å². The van der Waals surface area contributed by atoms with Crippen molar-refractivity contribution in [3.8, 4) is 0 Å². The highest BCUT2D eigenvalue weighted by Crippen LogP contribution is 2.19. The highest BCUT2D eigenvalue weighted by molar-refractivity contribution is 7.99. The van der Waals surface area contributed by atoms with Gasteiger partial charge < -0.3 is 5.32 Å². The van der Waals surface area contributed by atoms with E-state index in [0.717, 1.165) is 24.8 Å². The molecule has 0 aromatic carbocycles. The Bertz CT molecular complexity index is 370. The second-order valence-corrected chi connectivity index (χ2v) is 6.43. The molecule has 1 atom stereocenters. The maximum Gasteiger partial charge on any atom is 0.0564 e. The van der Waals surface area contributed by atoms with E-state index < -0.39 is 0 Å². The van der Waals surface area contributed by atoms with Gasteiger partial charge in [0.25, 0.3) is 0 Å². The Morgan fingerprint density at radius 1 is 1.56 bits per heavy atom. The van der Waals surface area contributed by atoms with Crippen molar-refractivity contribution in [1.29, 1.82) is 0 Å². The molecule has 100 valence electrons. The van der Waals surface area contributed by atoms with Crippen LogP contribution in [0.1, 0.15) is 26.0 Å². The fourth-order valence-electron chi connectivity index (χ4n) is 2.21. The lowest BCUT2D eigenvalue weighted by Gasteiger charge is -2.30. The predicted molar refractivity (Wildman–Crippen MR) is 80.2 cm³/mol. The van der Waals surface area contributed by atoms with Crippen LogP contribution in [0.2, 0.25) is 0 Å². The van der Waals surface area contributed by atoms with Gasteiger partial charge in [0.15, 0.2) is 0 Å². The van der Waals surface area contributed by atoms with E-state index in [0.29, 0.717) is 0 Å². The summed E-state index contributed by atoms with van der Waals surface area (Å²) in [5.41, 5.74) is 2.37. The van der Waals surface area contributed by atoms with Crippen molar-refractivity contribution >= 4 is 17.4 Å².